The first-order valence-corrected chi connectivity index (χ1v) is 8.98. The molecule has 2 aromatic rings. The summed E-state index contributed by atoms with van der Waals surface area (Å²) < 4.78 is 10.9. The lowest BCUT2D eigenvalue weighted by atomic mass is 10.1. The summed E-state index contributed by atoms with van der Waals surface area (Å²) in [5.41, 5.74) is 1.47. The van der Waals surface area contributed by atoms with Crippen molar-refractivity contribution in [2.75, 3.05) is 38.6 Å². The molecule has 2 aliphatic rings. The molecule has 4 rings (SSSR count). The lowest BCUT2D eigenvalue weighted by molar-refractivity contribution is -0.124. The Kier molecular flexibility index (Phi) is 4.96. The Morgan fingerprint density at radius 1 is 1.42 bits per heavy atom. The Morgan fingerprint density at radius 2 is 2.35 bits per heavy atom. The van der Waals surface area contributed by atoms with Gasteiger partial charge in [-0.05, 0) is 38.1 Å². The summed E-state index contributed by atoms with van der Waals surface area (Å²) in [4.78, 5) is 19.0. The quantitative estimate of drug-likeness (QED) is 0.855. The zero-order valence-corrected chi connectivity index (χ0v) is 14.8. The predicted molar refractivity (Wildman–Crippen MR) is 95.6 cm³/mol. The van der Waals surface area contributed by atoms with Crippen molar-refractivity contribution in [3.05, 3.63) is 30.1 Å². The normalized spacial score (nSPS) is 23.9. The number of likely N-dealkylation sites (N-methyl/N-ethyl adjacent to an activating group) is 1. The molecule has 3 heterocycles. The minimum absolute atomic E-state index is 0.101. The van der Waals surface area contributed by atoms with E-state index < -0.39 is 0 Å². The van der Waals surface area contributed by atoms with Crippen molar-refractivity contribution in [1.29, 1.82) is 0 Å². The van der Waals surface area contributed by atoms with Crippen LogP contribution in [0.2, 0.25) is 0 Å². The topological polar surface area (TPSA) is 92.5 Å². The molecule has 0 saturated carbocycles. The third kappa shape index (κ3) is 3.62. The Balaban J connectivity index is 1.48. The number of hydrogen-bond donors (Lipinski definition) is 2. The monoisotopic (exact) mass is 357 g/mol. The van der Waals surface area contributed by atoms with Crippen LogP contribution in [0.15, 0.2) is 28.8 Å². The molecule has 26 heavy (non-hydrogen) atoms. The summed E-state index contributed by atoms with van der Waals surface area (Å²) >= 11 is 0. The number of amides is 1. The highest BCUT2D eigenvalue weighted by Crippen LogP contribution is 2.25. The van der Waals surface area contributed by atoms with Crippen molar-refractivity contribution in [3.8, 4) is 11.5 Å². The lowest BCUT2D eigenvalue weighted by Gasteiger charge is -2.30. The van der Waals surface area contributed by atoms with Gasteiger partial charge in [-0.1, -0.05) is 11.2 Å². The highest BCUT2D eigenvalue weighted by molar-refractivity contribution is 5.94. The van der Waals surface area contributed by atoms with E-state index in [0.29, 0.717) is 24.0 Å². The van der Waals surface area contributed by atoms with E-state index in [1.54, 1.807) is 0 Å². The Hall–Kier alpha value is -2.29. The number of hydrogen-bond acceptors (Lipinski definition) is 7. The van der Waals surface area contributed by atoms with E-state index in [1.807, 2.05) is 24.3 Å². The van der Waals surface area contributed by atoms with Crippen molar-refractivity contribution in [2.24, 2.45) is 0 Å². The molecule has 138 valence electrons. The molecular formula is C18H23N5O3. The molecule has 0 spiro atoms. The van der Waals surface area contributed by atoms with Crippen LogP contribution in [-0.4, -0.2) is 60.3 Å². The summed E-state index contributed by atoms with van der Waals surface area (Å²) in [7, 11) is 2.06. The first-order valence-electron chi connectivity index (χ1n) is 8.98. The molecule has 2 atom stereocenters. The van der Waals surface area contributed by atoms with E-state index in [2.05, 4.69) is 32.7 Å². The van der Waals surface area contributed by atoms with Gasteiger partial charge in [0.2, 0.25) is 0 Å². The van der Waals surface area contributed by atoms with E-state index in [4.69, 9.17) is 9.26 Å². The summed E-state index contributed by atoms with van der Waals surface area (Å²) in [5, 5.41) is 10.4. The maximum atomic E-state index is 12.2. The molecule has 8 nitrogen and oxygen atoms in total. The molecule has 2 N–H and O–H groups in total. The number of nitrogens with zero attached hydrogens (tertiary/aromatic N) is 3. The minimum atomic E-state index is -0.358. The van der Waals surface area contributed by atoms with E-state index in [0.717, 1.165) is 38.0 Å². The third-order valence-electron chi connectivity index (χ3n) is 4.85. The van der Waals surface area contributed by atoms with Gasteiger partial charge in [0.15, 0.2) is 5.82 Å². The van der Waals surface area contributed by atoms with Gasteiger partial charge in [0.05, 0.1) is 6.04 Å². The standard InChI is InChI=1S/C18H23N5O3/c1-23-8-7-19-11-14(23)16-21-18(26-22-16)12-4-2-5-13(10-12)20-17(24)15-6-3-9-25-15/h2,4-5,10,14-15,19H,3,6-9,11H2,1H3,(H,20,24). The largest absolute Gasteiger partial charge is 0.368 e. The van der Waals surface area contributed by atoms with Gasteiger partial charge in [0.25, 0.3) is 11.8 Å². The van der Waals surface area contributed by atoms with E-state index in [9.17, 15) is 4.79 Å². The summed E-state index contributed by atoms with van der Waals surface area (Å²) in [6.45, 7) is 3.35. The minimum Gasteiger partial charge on any atom is -0.368 e. The van der Waals surface area contributed by atoms with Gasteiger partial charge in [-0.2, -0.15) is 4.98 Å². The Bertz CT molecular complexity index is 772. The van der Waals surface area contributed by atoms with Crippen molar-refractivity contribution < 1.29 is 14.1 Å². The van der Waals surface area contributed by atoms with Crippen molar-refractivity contribution >= 4 is 11.6 Å². The molecular weight excluding hydrogens is 334 g/mol. The average Bonchev–Trinajstić information content (AvgIpc) is 3.35. The summed E-state index contributed by atoms with van der Waals surface area (Å²) in [5.74, 6) is 1.01. The van der Waals surface area contributed by atoms with Crippen LogP contribution in [0.3, 0.4) is 0 Å². The number of benzene rings is 1. The molecule has 2 saturated heterocycles. The fraction of sp³-hybridized carbons (Fsp3) is 0.500. The van der Waals surface area contributed by atoms with Crippen molar-refractivity contribution in [2.45, 2.75) is 25.0 Å². The number of nitrogens with one attached hydrogen (secondary N) is 2. The molecule has 0 aliphatic carbocycles. The molecule has 1 aromatic heterocycles. The van der Waals surface area contributed by atoms with Crippen LogP contribution in [-0.2, 0) is 9.53 Å². The van der Waals surface area contributed by atoms with E-state index in [-0.39, 0.29) is 18.1 Å². The van der Waals surface area contributed by atoms with Crippen LogP contribution in [0.5, 0.6) is 0 Å². The number of aromatic nitrogens is 2. The number of ether oxygens (including phenoxy) is 1. The second kappa shape index (κ2) is 7.53. The van der Waals surface area contributed by atoms with Gasteiger partial charge in [-0.25, -0.2) is 0 Å². The SMILES string of the molecule is CN1CCNCC1c1noc(-c2cccc(NC(=O)C3CCCO3)c2)n1. The zero-order chi connectivity index (χ0) is 17.9. The number of carbonyl (C=O) groups excluding carboxylic acids is 1. The molecule has 0 radical (unpaired) electrons. The van der Waals surface area contributed by atoms with Crippen LogP contribution >= 0.6 is 0 Å². The van der Waals surface area contributed by atoms with Crippen LogP contribution in [0.25, 0.3) is 11.5 Å². The first-order chi connectivity index (χ1) is 12.7. The van der Waals surface area contributed by atoms with Gasteiger partial charge >= 0.3 is 0 Å². The molecule has 1 amide bonds. The number of carbonyl (C=O) groups is 1. The third-order valence-corrected chi connectivity index (χ3v) is 4.85. The molecule has 2 aliphatic heterocycles. The van der Waals surface area contributed by atoms with Crippen LogP contribution in [0.1, 0.15) is 24.7 Å². The van der Waals surface area contributed by atoms with E-state index in [1.165, 1.54) is 0 Å². The van der Waals surface area contributed by atoms with Crippen LogP contribution in [0.4, 0.5) is 5.69 Å². The molecule has 2 unspecified atom stereocenters. The van der Waals surface area contributed by atoms with Gasteiger partial charge in [-0.3, -0.25) is 9.69 Å². The molecule has 1 aromatic carbocycles. The number of piperazine rings is 1. The first kappa shape index (κ1) is 17.1. The second-order valence-corrected chi connectivity index (χ2v) is 6.73. The van der Waals surface area contributed by atoms with Gasteiger partial charge in [0, 0.05) is 37.5 Å². The van der Waals surface area contributed by atoms with Crippen LogP contribution in [0, 0.1) is 0 Å². The summed E-state index contributed by atoms with van der Waals surface area (Å²) in [6.07, 6.45) is 1.33. The zero-order valence-electron chi connectivity index (χ0n) is 14.8. The van der Waals surface area contributed by atoms with Crippen molar-refractivity contribution in [1.82, 2.24) is 20.4 Å². The molecule has 8 heteroatoms. The Labute approximate surface area is 151 Å². The maximum absolute atomic E-state index is 12.2. The van der Waals surface area contributed by atoms with Crippen molar-refractivity contribution in [3.63, 3.8) is 0 Å². The van der Waals surface area contributed by atoms with Gasteiger partial charge in [0.1, 0.15) is 6.10 Å². The summed E-state index contributed by atoms with van der Waals surface area (Å²) in [6, 6.07) is 7.53. The molecule has 2 fully saturated rings. The van der Waals surface area contributed by atoms with Gasteiger partial charge < -0.3 is 19.9 Å². The highest BCUT2D eigenvalue weighted by Gasteiger charge is 2.26. The Morgan fingerprint density at radius 3 is 3.15 bits per heavy atom. The highest BCUT2D eigenvalue weighted by atomic mass is 16.5. The maximum Gasteiger partial charge on any atom is 0.258 e. The average molecular weight is 357 g/mol. The second-order valence-electron chi connectivity index (χ2n) is 6.73. The lowest BCUT2D eigenvalue weighted by Crippen LogP contribution is -2.44. The van der Waals surface area contributed by atoms with Crippen LogP contribution < -0.4 is 10.6 Å². The molecule has 0 bridgehead atoms. The smallest absolute Gasteiger partial charge is 0.258 e. The number of rotatable bonds is 4. The number of anilines is 1. The van der Waals surface area contributed by atoms with Gasteiger partial charge in [-0.15, -0.1) is 0 Å². The van der Waals surface area contributed by atoms with E-state index >= 15 is 0 Å². The fourth-order valence-corrected chi connectivity index (χ4v) is 3.32. The fourth-order valence-electron chi connectivity index (χ4n) is 3.32. The predicted octanol–water partition coefficient (Wildman–Crippen LogP) is 1.43.